The van der Waals surface area contributed by atoms with Gasteiger partial charge in [-0.15, -0.1) is 5.10 Å². The van der Waals surface area contributed by atoms with E-state index in [0.29, 0.717) is 18.5 Å². The van der Waals surface area contributed by atoms with Crippen LogP contribution >= 0.6 is 0 Å². The van der Waals surface area contributed by atoms with E-state index >= 15 is 0 Å². The van der Waals surface area contributed by atoms with Crippen LogP contribution < -0.4 is 11.2 Å². The molecule has 2 heterocycles. The minimum atomic E-state index is -4.47. The Bertz CT molecular complexity index is 1040. The van der Waals surface area contributed by atoms with Crippen LogP contribution in [0.2, 0.25) is 0 Å². The number of nitrogen functional groups attached to an aromatic ring is 1. The Morgan fingerprint density at radius 2 is 2.17 bits per heavy atom. The number of hydrogen-bond donors (Lipinski definition) is 2. The Morgan fingerprint density at radius 3 is 2.83 bits per heavy atom. The number of anilines is 1. The zero-order chi connectivity index (χ0) is 21.0. The first-order valence-corrected chi connectivity index (χ1v) is 8.35. The first-order chi connectivity index (χ1) is 13.8. The van der Waals surface area contributed by atoms with Gasteiger partial charge in [0.15, 0.2) is 5.69 Å². The van der Waals surface area contributed by atoms with Gasteiger partial charge >= 0.3 is 6.18 Å². The van der Waals surface area contributed by atoms with Crippen molar-refractivity contribution in [2.45, 2.75) is 25.9 Å². The highest BCUT2D eigenvalue weighted by atomic mass is 19.4. The molecule has 0 radical (unpaired) electrons. The molecule has 152 valence electrons. The summed E-state index contributed by atoms with van der Waals surface area (Å²) in [5, 5.41) is 18.4. The van der Waals surface area contributed by atoms with Gasteiger partial charge in [-0.05, 0) is 34.4 Å². The van der Waals surface area contributed by atoms with Crippen molar-refractivity contribution < 1.29 is 22.6 Å². The Morgan fingerprint density at radius 1 is 1.38 bits per heavy atom. The predicted octanol–water partition coefficient (Wildman–Crippen LogP) is 1.97. The van der Waals surface area contributed by atoms with Gasteiger partial charge in [-0.25, -0.2) is 10.1 Å². The normalized spacial score (nSPS) is 11.9. The lowest BCUT2D eigenvalue weighted by molar-refractivity contribution is -0.137. The summed E-state index contributed by atoms with van der Waals surface area (Å²) in [7, 11) is 0. The number of nitrogens with two attached hydrogens (primary N) is 1. The van der Waals surface area contributed by atoms with Crippen molar-refractivity contribution in [1.82, 2.24) is 30.7 Å². The monoisotopic (exact) mass is 408 g/mol. The first kappa shape index (κ1) is 20.0. The number of rotatable bonds is 6. The third-order valence-electron chi connectivity index (χ3n) is 3.75. The van der Waals surface area contributed by atoms with Crippen LogP contribution in [0.1, 0.15) is 40.7 Å². The van der Waals surface area contributed by atoms with E-state index in [2.05, 4.69) is 35.8 Å². The van der Waals surface area contributed by atoms with Crippen molar-refractivity contribution in [2.75, 3.05) is 5.73 Å². The maximum absolute atomic E-state index is 12.7. The maximum atomic E-state index is 12.7. The Hall–Kier alpha value is -3.77. The van der Waals surface area contributed by atoms with Crippen molar-refractivity contribution in [1.29, 1.82) is 0 Å². The highest BCUT2D eigenvalue weighted by Gasteiger charge is 2.30. The fraction of sp³-hybridized carbons (Fsp3) is 0.250. The average molecular weight is 408 g/mol. The van der Waals surface area contributed by atoms with Crippen LogP contribution in [0, 0.1) is 0 Å². The number of carbonyl (C=O) groups excluding carboxylic acids is 1. The van der Waals surface area contributed by atoms with Gasteiger partial charge in [-0.2, -0.15) is 23.0 Å². The van der Waals surface area contributed by atoms with E-state index in [4.69, 9.17) is 5.73 Å². The molecular formula is C16H15F3N8O2. The number of halogens is 3. The third kappa shape index (κ3) is 4.39. The molecule has 0 aliphatic rings. The van der Waals surface area contributed by atoms with Crippen LogP contribution in [0.3, 0.4) is 0 Å². The van der Waals surface area contributed by atoms with Crippen molar-refractivity contribution in [2.24, 2.45) is 5.10 Å². The van der Waals surface area contributed by atoms with E-state index in [9.17, 15) is 18.0 Å². The SMILES string of the molecule is CCCc1c(C(=O)N/N=C/c2cccc(C(F)(F)F)c2)nnn1-c1nonc1N. The predicted molar refractivity (Wildman–Crippen MR) is 94.1 cm³/mol. The number of aromatic nitrogens is 5. The van der Waals surface area contributed by atoms with Gasteiger partial charge < -0.3 is 5.73 Å². The highest BCUT2D eigenvalue weighted by molar-refractivity contribution is 5.94. The minimum absolute atomic E-state index is 0.0261. The van der Waals surface area contributed by atoms with E-state index in [1.807, 2.05) is 6.92 Å². The van der Waals surface area contributed by atoms with Crippen molar-refractivity contribution in [3.8, 4) is 5.82 Å². The summed E-state index contributed by atoms with van der Waals surface area (Å²) in [6.45, 7) is 1.88. The number of hydrazone groups is 1. The molecular weight excluding hydrogens is 393 g/mol. The molecule has 0 spiro atoms. The minimum Gasteiger partial charge on any atom is -0.378 e. The Balaban J connectivity index is 1.79. The second kappa shape index (κ2) is 8.08. The smallest absolute Gasteiger partial charge is 0.378 e. The first-order valence-electron chi connectivity index (χ1n) is 8.35. The summed E-state index contributed by atoms with van der Waals surface area (Å²) in [6.07, 6.45) is -2.30. The molecule has 3 rings (SSSR count). The molecule has 0 unspecified atom stereocenters. The molecule has 1 amide bonds. The summed E-state index contributed by atoms with van der Waals surface area (Å²) in [5.74, 6) is -0.632. The van der Waals surface area contributed by atoms with Crippen molar-refractivity contribution >= 4 is 17.9 Å². The number of nitrogens with one attached hydrogen (secondary N) is 1. The van der Waals surface area contributed by atoms with Crippen LogP contribution in [0.25, 0.3) is 5.82 Å². The number of hydrogen-bond acceptors (Lipinski definition) is 8. The van der Waals surface area contributed by atoms with Gasteiger partial charge in [0.1, 0.15) is 0 Å². The third-order valence-corrected chi connectivity index (χ3v) is 3.75. The molecule has 10 nitrogen and oxygen atoms in total. The topological polar surface area (TPSA) is 137 Å². The lowest BCUT2D eigenvalue weighted by atomic mass is 10.1. The maximum Gasteiger partial charge on any atom is 0.416 e. The lowest BCUT2D eigenvalue weighted by Gasteiger charge is -2.06. The molecule has 2 aromatic heterocycles. The Kier molecular flexibility index (Phi) is 5.57. The fourth-order valence-corrected chi connectivity index (χ4v) is 2.46. The highest BCUT2D eigenvalue weighted by Crippen LogP contribution is 2.29. The largest absolute Gasteiger partial charge is 0.416 e. The van der Waals surface area contributed by atoms with Crippen LogP contribution in [-0.2, 0) is 12.6 Å². The van der Waals surface area contributed by atoms with Crippen LogP contribution in [0.15, 0.2) is 34.0 Å². The molecule has 0 aliphatic carbocycles. The van der Waals surface area contributed by atoms with Crippen molar-refractivity contribution in [3.63, 3.8) is 0 Å². The van der Waals surface area contributed by atoms with Gasteiger partial charge in [0.05, 0.1) is 17.5 Å². The summed E-state index contributed by atoms with van der Waals surface area (Å²) in [5.41, 5.74) is 7.59. The number of nitrogens with zero attached hydrogens (tertiary/aromatic N) is 6. The van der Waals surface area contributed by atoms with E-state index in [-0.39, 0.29) is 22.9 Å². The van der Waals surface area contributed by atoms with Gasteiger partial charge in [0.2, 0.25) is 11.6 Å². The van der Waals surface area contributed by atoms with Gasteiger partial charge in [-0.1, -0.05) is 30.7 Å². The number of amides is 1. The fourth-order valence-electron chi connectivity index (χ4n) is 2.46. The molecule has 0 bridgehead atoms. The molecule has 13 heteroatoms. The molecule has 3 aromatic rings. The lowest BCUT2D eigenvalue weighted by Crippen LogP contribution is -2.20. The molecule has 29 heavy (non-hydrogen) atoms. The summed E-state index contributed by atoms with van der Waals surface area (Å²) in [6, 6.07) is 4.52. The van der Waals surface area contributed by atoms with Gasteiger partial charge in [-0.3, -0.25) is 4.79 Å². The average Bonchev–Trinajstić information content (AvgIpc) is 3.27. The molecule has 3 N–H and O–H groups in total. The second-order valence-corrected chi connectivity index (χ2v) is 5.84. The molecule has 0 fully saturated rings. The number of carbonyl (C=O) groups is 1. The van der Waals surface area contributed by atoms with E-state index < -0.39 is 17.6 Å². The molecule has 0 atom stereocenters. The zero-order valence-corrected chi connectivity index (χ0v) is 15.0. The Labute approximate surface area is 161 Å². The van der Waals surface area contributed by atoms with Crippen molar-refractivity contribution in [3.05, 3.63) is 46.8 Å². The summed E-state index contributed by atoms with van der Waals surface area (Å²) >= 11 is 0. The summed E-state index contributed by atoms with van der Waals surface area (Å²) in [4.78, 5) is 12.4. The van der Waals surface area contributed by atoms with E-state index in [1.54, 1.807) is 0 Å². The van der Waals surface area contributed by atoms with E-state index in [0.717, 1.165) is 18.3 Å². The van der Waals surface area contributed by atoms with Crippen LogP contribution in [0.4, 0.5) is 19.0 Å². The van der Waals surface area contributed by atoms with E-state index in [1.165, 1.54) is 16.8 Å². The molecule has 0 saturated carbocycles. The molecule has 0 saturated heterocycles. The quantitative estimate of drug-likeness (QED) is 0.470. The zero-order valence-electron chi connectivity index (χ0n) is 15.0. The second-order valence-electron chi connectivity index (χ2n) is 5.84. The van der Waals surface area contributed by atoms with Gasteiger partial charge in [0, 0.05) is 0 Å². The van der Waals surface area contributed by atoms with Crippen LogP contribution in [-0.4, -0.2) is 37.4 Å². The molecule has 1 aromatic carbocycles. The van der Waals surface area contributed by atoms with Crippen LogP contribution in [0.5, 0.6) is 0 Å². The standard InChI is InChI=1S/C16H15F3N8O2/c1-2-4-11-12(22-26-27(11)14-13(20)24-29-25-14)15(28)23-21-8-9-5-3-6-10(7-9)16(17,18)19/h3,5-8H,2,4H2,1H3,(H2,20,24)(H,23,28)/b21-8+. The van der Waals surface area contributed by atoms with Gasteiger partial charge in [0.25, 0.3) is 5.91 Å². The number of alkyl halides is 3. The summed E-state index contributed by atoms with van der Waals surface area (Å²) < 4.78 is 44.0. The molecule has 0 aliphatic heterocycles. The number of benzene rings is 1.